The number of benzene rings is 2. The molecule has 0 radical (unpaired) electrons. The Hall–Kier alpha value is -3.80. The number of aromatic nitrogens is 3. The highest BCUT2D eigenvalue weighted by molar-refractivity contribution is 5.91. The molecule has 0 atom stereocenters. The number of aromatic hydroxyl groups is 1. The van der Waals surface area contributed by atoms with Gasteiger partial charge in [-0.2, -0.15) is 0 Å². The Balaban J connectivity index is 1.39. The molecule has 138 valence electrons. The van der Waals surface area contributed by atoms with E-state index in [9.17, 15) is 9.90 Å². The van der Waals surface area contributed by atoms with Crippen molar-refractivity contribution in [2.75, 3.05) is 0 Å². The van der Waals surface area contributed by atoms with E-state index in [2.05, 4.69) is 27.3 Å². The molecule has 0 saturated heterocycles. The zero-order valence-corrected chi connectivity index (χ0v) is 14.9. The normalized spacial score (nSPS) is 10.7. The van der Waals surface area contributed by atoms with E-state index in [-0.39, 0.29) is 29.9 Å². The lowest BCUT2D eigenvalue weighted by Crippen LogP contribution is -2.01. The number of aryl methyl sites for hydroxylation is 1. The fourth-order valence-electron chi connectivity index (χ4n) is 2.84. The van der Waals surface area contributed by atoms with Crippen LogP contribution in [0.1, 0.15) is 22.7 Å². The van der Waals surface area contributed by atoms with Crippen LogP contribution in [-0.4, -0.2) is 26.1 Å². The first-order chi connectivity index (χ1) is 13.7. The minimum atomic E-state index is -0.231. The van der Waals surface area contributed by atoms with Gasteiger partial charge in [-0.25, -0.2) is 4.98 Å². The number of hydrogen-bond acceptors (Lipinski definition) is 6. The Morgan fingerprint density at radius 3 is 2.36 bits per heavy atom. The van der Waals surface area contributed by atoms with Crippen molar-refractivity contribution in [1.29, 1.82) is 0 Å². The maximum atomic E-state index is 12.4. The molecule has 0 unspecified atom stereocenters. The predicted molar refractivity (Wildman–Crippen MR) is 104 cm³/mol. The molecule has 0 saturated carbocycles. The molecule has 4 rings (SSSR count). The van der Waals surface area contributed by atoms with Crippen LogP contribution in [0.4, 0.5) is 0 Å². The minimum Gasteiger partial charge on any atom is -0.493 e. The maximum Gasteiger partial charge on any atom is 0.284 e. The van der Waals surface area contributed by atoms with Crippen molar-refractivity contribution in [2.45, 2.75) is 12.8 Å². The molecular weight excluding hydrogens is 354 g/mol. The third-order valence-corrected chi connectivity index (χ3v) is 4.32. The second kappa shape index (κ2) is 7.84. The number of carbonyl (C=O) groups is 1. The van der Waals surface area contributed by atoms with Crippen molar-refractivity contribution in [3.63, 3.8) is 0 Å². The number of rotatable bonds is 6. The van der Waals surface area contributed by atoms with Gasteiger partial charge in [0.25, 0.3) is 11.8 Å². The lowest BCUT2D eigenvalue weighted by atomic mass is 10.0. The molecule has 2 aromatic heterocycles. The Morgan fingerprint density at radius 2 is 1.61 bits per heavy atom. The van der Waals surface area contributed by atoms with Crippen LogP contribution in [0.2, 0.25) is 0 Å². The predicted octanol–water partition coefficient (Wildman–Crippen LogP) is 4.32. The lowest BCUT2D eigenvalue weighted by Gasteiger charge is -2.04. The first kappa shape index (κ1) is 17.6. The molecule has 0 spiro atoms. The zero-order valence-electron chi connectivity index (χ0n) is 14.9. The third-order valence-electron chi connectivity index (χ3n) is 4.32. The average molecular weight is 371 g/mol. The van der Waals surface area contributed by atoms with Crippen molar-refractivity contribution >= 4 is 5.78 Å². The Kier molecular flexibility index (Phi) is 4.93. The number of hydrogen-bond donors (Lipinski definition) is 1. The highest BCUT2D eigenvalue weighted by atomic mass is 16.4. The average Bonchev–Trinajstić information content (AvgIpc) is 3.24. The molecule has 4 aromatic rings. The van der Waals surface area contributed by atoms with Crippen LogP contribution in [0.25, 0.3) is 22.7 Å². The molecule has 6 heteroatoms. The summed E-state index contributed by atoms with van der Waals surface area (Å²) in [5, 5.41) is 17.1. The molecule has 28 heavy (non-hydrogen) atoms. The van der Waals surface area contributed by atoms with Crippen LogP contribution >= 0.6 is 0 Å². The minimum absolute atomic E-state index is 0.0546. The summed E-state index contributed by atoms with van der Waals surface area (Å²) < 4.78 is 5.41. The van der Waals surface area contributed by atoms with Crippen molar-refractivity contribution in [1.82, 2.24) is 15.2 Å². The summed E-state index contributed by atoms with van der Waals surface area (Å²) in [5.74, 6) is -0.332. The van der Waals surface area contributed by atoms with Crippen LogP contribution in [-0.2, 0) is 6.42 Å². The molecule has 0 fully saturated rings. The van der Waals surface area contributed by atoms with Gasteiger partial charge in [0.15, 0.2) is 0 Å². The molecule has 0 aliphatic heterocycles. The van der Waals surface area contributed by atoms with E-state index in [1.54, 1.807) is 12.1 Å². The summed E-state index contributed by atoms with van der Waals surface area (Å²) in [6, 6.07) is 22.9. The largest absolute Gasteiger partial charge is 0.493 e. The zero-order chi connectivity index (χ0) is 19.3. The lowest BCUT2D eigenvalue weighted by molar-refractivity contribution is 0.0950. The van der Waals surface area contributed by atoms with E-state index in [0.29, 0.717) is 12.1 Å². The Labute approximate surface area is 161 Å². The number of carbonyl (C=O) groups excluding carboxylic acids is 1. The van der Waals surface area contributed by atoms with Crippen LogP contribution in [0.5, 0.6) is 5.88 Å². The Morgan fingerprint density at radius 1 is 0.857 bits per heavy atom. The van der Waals surface area contributed by atoms with Gasteiger partial charge in [0, 0.05) is 12.5 Å². The van der Waals surface area contributed by atoms with Gasteiger partial charge in [-0.05, 0) is 29.2 Å². The number of nitrogens with zero attached hydrogens (tertiary/aromatic N) is 3. The van der Waals surface area contributed by atoms with E-state index in [4.69, 9.17) is 4.42 Å². The van der Waals surface area contributed by atoms with Crippen LogP contribution in [0.15, 0.2) is 77.2 Å². The first-order valence-corrected chi connectivity index (χ1v) is 8.86. The molecule has 0 bridgehead atoms. The highest BCUT2D eigenvalue weighted by Crippen LogP contribution is 2.21. The van der Waals surface area contributed by atoms with Gasteiger partial charge in [-0.15, -0.1) is 10.2 Å². The number of ketones is 1. The van der Waals surface area contributed by atoms with Gasteiger partial charge in [0.1, 0.15) is 5.69 Å². The van der Waals surface area contributed by atoms with E-state index in [1.807, 2.05) is 42.5 Å². The monoisotopic (exact) mass is 371 g/mol. The molecule has 2 aromatic carbocycles. The molecule has 0 aliphatic carbocycles. The summed E-state index contributed by atoms with van der Waals surface area (Å²) >= 11 is 0. The maximum absolute atomic E-state index is 12.4. The fourth-order valence-corrected chi connectivity index (χ4v) is 2.84. The van der Waals surface area contributed by atoms with E-state index < -0.39 is 0 Å². The molecule has 1 N–H and O–H groups in total. The van der Waals surface area contributed by atoms with Crippen LogP contribution in [0, 0.1) is 0 Å². The van der Waals surface area contributed by atoms with Crippen molar-refractivity contribution < 1.29 is 14.3 Å². The number of pyridine rings is 1. The van der Waals surface area contributed by atoms with Gasteiger partial charge in [-0.3, -0.25) is 4.79 Å². The fraction of sp³-hybridized carbons (Fsp3) is 0.0909. The van der Waals surface area contributed by atoms with Crippen molar-refractivity contribution in [3.05, 3.63) is 84.3 Å². The topological polar surface area (TPSA) is 89.1 Å². The summed E-state index contributed by atoms with van der Waals surface area (Å²) in [6.45, 7) is 0. The van der Waals surface area contributed by atoms with Gasteiger partial charge in [0.2, 0.25) is 11.7 Å². The van der Waals surface area contributed by atoms with Gasteiger partial charge in [0.05, 0.1) is 0 Å². The molecular formula is C22H17N3O3. The van der Waals surface area contributed by atoms with E-state index >= 15 is 0 Å². The van der Waals surface area contributed by atoms with Crippen molar-refractivity contribution in [3.8, 4) is 28.6 Å². The molecule has 0 aliphatic rings. The summed E-state index contributed by atoms with van der Waals surface area (Å²) in [5.41, 5.74) is 3.67. The van der Waals surface area contributed by atoms with E-state index in [1.165, 1.54) is 6.07 Å². The quantitative estimate of drug-likeness (QED) is 0.508. The summed E-state index contributed by atoms with van der Waals surface area (Å²) in [4.78, 5) is 16.2. The van der Waals surface area contributed by atoms with E-state index in [0.717, 1.165) is 16.7 Å². The smallest absolute Gasteiger partial charge is 0.284 e. The standard InChI is InChI=1S/C22H17N3O3/c26-19(22-25-24-21(28-22)18-7-4-8-20(27)23-18)14-11-15-9-12-17(13-10-15)16-5-2-1-3-6-16/h1-10,12-13H,11,14H2,(H,23,27). The van der Waals surface area contributed by atoms with Gasteiger partial charge >= 0.3 is 0 Å². The molecule has 0 amide bonds. The first-order valence-electron chi connectivity index (χ1n) is 8.86. The molecule has 6 nitrogen and oxygen atoms in total. The Bertz CT molecular complexity index is 1090. The second-order valence-corrected chi connectivity index (χ2v) is 6.28. The van der Waals surface area contributed by atoms with Crippen molar-refractivity contribution in [2.24, 2.45) is 0 Å². The SMILES string of the molecule is O=C(CCc1ccc(-c2ccccc2)cc1)c1nnc(-c2cccc(O)n2)o1. The highest BCUT2D eigenvalue weighted by Gasteiger charge is 2.16. The molecule has 2 heterocycles. The summed E-state index contributed by atoms with van der Waals surface area (Å²) in [7, 11) is 0. The van der Waals surface area contributed by atoms with Crippen LogP contribution in [0.3, 0.4) is 0 Å². The van der Waals surface area contributed by atoms with Crippen LogP contribution < -0.4 is 0 Å². The second-order valence-electron chi connectivity index (χ2n) is 6.28. The summed E-state index contributed by atoms with van der Waals surface area (Å²) in [6.07, 6.45) is 0.843. The van der Waals surface area contributed by atoms with Gasteiger partial charge < -0.3 is 9.52 Å². The number of Topliss-reactive ketones (excluding diaryl/α,β-unsaturated/α-hetero) is 1. The van der Waals surface area contributed by atoms with Gasteiger partial charge in [-0.1, -0.05) is 60.7 Å². The third kappa shape index (κ3) is 3.96.